The molecule has 1 fully saturated rings. The molecule has 19 heavy (non-hydrogen) atoms. The van der Waals surface area contributed by atoms with Crippen molar-refractivity contribution in [2.45, 2.75) is 39.2 Å². The number of aromatic amines is 1. The highest BCUT2D eigenvalue weighted by atomic mass is 15.1. The summed E-state index contributed by atoms with van der Waals surface area (Å²) in [5.74, 6) is 1.54. The number of benzene rings is 1. The summed E-state index contributed by atoms with van der Waals surface area (Å²) < 4.78 is 0. The fraction of sp³-hybridized carbons (Fsp3) is 0.529. The number of rotatable bonds is 0. The van der Waals surface area contributed by atoms with Crippen molar-refractivity contribution < 1.29 is 0 Å². The Balaban J connectivity index is 0.00000110. The minimum atomic E-state index is 0. The third-order valence-corrected chi connectivity index (χ3v) is 4.93. The second-order valence-electron chi connectivity index (χ2n) is 6.24. The Kier molecular flexibility index (Phi) is 2.94. The highest BCUT2D eigenvalue weighted by molar-refractivity contribution is 5.88. The number of piperidine rings is 1. The molecule has 1 aliphatic heterocycles. The molecule has 2 aliphatic rings. The third kappa shape index (κ3) is 1.73. The molecule has 1 aliphatic carbocycles. The van der Waals surface area contributed by atoms with Gasteiger partial charge in [0.1, 0.15) is 0 Å². The van der Waals surface area contributed by atoms with Gasteiger partial charge in [-0.2, -0.15) is 0 Å². The number of H-pyrrole nitrogens is 1. The summed E-state index contributed by atoms with van der Waals surface area (Å²) >= 11 is 0. The summed E-state index contributed by atoms with van der Waals surface area (Å²) in [6, 6.07) is 7.47. The molecule has 2 heterocycles. The number of nitrogens with zero attached hydrogens (tertiary/aromatic N) is 1. The van der Waals surface area contributed by atoms with E-state index >= 15 is 0 Å². The van der Waals surface area contributed by atoms with Crippen molar-refractivity contribution in [3.8, 4) is 0 Å². The Morgan fingerprint density at radius 3 is 3.00 bits per heavy atom. The van der Waals surface area contributed by atoms with Gasteiger partial charge in [-0.05, 0) is 43.0 Å². The maximum absolute atomic E-state index is 3.44. The molecule has 1 aromatic heterocycles. The largest absolute Gasteiger partial charge is 0.361 e. The Morgan fingerprint density at radius 1 is 1.32 bits per heavy atom. The van der Waals surface area contributed by atoms with Gasteiger partial charge < -0.3 is 9.88 Å². The molecule has 1 saturated heterocycles. The second-order valence-corrected chi connectivity index (χ2v) is 6.24. The molecule has 102 valence electrons. The van der Waals surface area contributed by atoms with E-state index in [1.54, 1.807) is 5.56 Å². The predicted molar refractivity (Wildman–Crippen MR) is 81.7 cm³/mol. The third-order valence-electron chi connectivity index (χ3n) is 4.93. The summed E-state index contributed by atoms with van der Waals surface area (Å²) in [6.07, 6.45) is 4.78. The highest BCUT2D eigenvalue weighted by Gasteiger charge is 2.37. The molecule has 1 aromatic carbocycles. The van der Waals surface area contributed by atoms with E-state index in [0.717, 1.165) is 11.8 Å². The summed E-state index contributed by atoms with van der Waals surface area (Å²) in [5.41, 5.74) is 4.42. The lowest BCUT2D eigenvalue weighted by Gasteiger charge is -2.44. The number of likely N-dealkylation sites (tertiary alicyclic amines) is 1. The molecular formula is C17H24N2. The molecule has 2 aromatic rings. The van der Waals surface area contributed by atoms with Crippen molar-refractivity contribution in [1.29, 1.82) is 0 Å². The van der Waals surface area contributed by atoms with Crippen LogP contribution in [0.2, 0.25) is 0 Å². The first-order valence-electron chi connectivity index (χ1n) is 7.03. The van der Waals surface area contributed by atoms with E-state index in [1.807, 2.05) is 0 Å². The number of nitrogens with one attached hydrogen (secondary N) is 1. The zero-order valence-corrected chi connectivity index (χ0v) is 11.1. The van der Waals surface area contributed by atoms with E-state index in [9.17, 15) is 0 Å². The van der Waals surface area contributed by atoms with Crippen molar-refractivity contribution in [2.75, 3.05) is 13.6 Å². The van der Waals surface area contributed by atoms with Crippen molar-refractivity contribution in [3.63, 3.8) is 0 Å². The van der Waals surface area contributed by atoms with Crippen LogP contribution in [0.3, 0.4) is 0 Å². The maximum atomic E-state index is 3.44. The lowest BCUT2D eigenvalue weighted by molar-refractivity contribution is 0.119. The molecule has 3 atom stereocenters. The standard InChI is InChI=1S/C16H20N2.CH4/c1-10-6-13-12-4-3-5-14-16(12)11(8-17-14)7-15(13)18(2)9-10;/h3-5,8,10,13,15,17H,6-7,9H2,1-2H3;1H4/t10?,13-,15-;/m1./s1. The zero-order valence-electron chi connectivity index (χ0n) is 11.1. The Morgan fingerprint density at radius 2 is 2.16 bits per heavy atom. The smallest absolute Gasteiger partial charge is 0.0459 e. The average molecular weight is 256 g/mol. The Bertz CT molecular complexity index is 598. The SMILES string of the molecule is C.CC1C[C@@H]2c3cccc4[nH]cc(c34)C[C@H]2N(C)C1. The number of hydrogen-bond donors (Lipinski definition) is 1. The number of hydrogen-bond acceptors (Lipinski definition) is 1. The van der Waals surface area contributed by atoms with Gasteiger partial charge in [-0.1, -0.05) is 26.5 Å². The van der Waals surface area contributed by atoms with Crippen LogP contribution in [0.15, 0.2) is 24.4 Å². The summed E-state index contributed by atoms with van der Waals surface area (Å²) in [4.78, 5) is 6.01. The summed E-state index contributed by atoms with van der Waals surface area (Å²) in [6.45, 7) is 3.64. The Labute approximate surface area is 115 Å². The average Bonchev–Trinajstić information content (AvgIpc) is 2.76. The van der Waals surface area contributed by atoms with Gasteiger partial charge in [-0.25, -0.2) is 0 Å². The first-order chi connectivity index (χ1) is 8.74. The fourth-order valence-corrected chi connectivity index (χ4v) is 4.21. The molecule has 4 rings (SSSR count). The number of fused-ring (bicyclic) bond motifs is 2. The molecule has 0 radical (unpaired) electrons. The van der Waals surface area contributed by atoms with Gasteiger partial charge in [0.05, 0.1) is 0 Å². The van der Waals surface area contributed by atoms with Gasteiger partial charge in [0.25, 0.3) is 0 Å². The molecule has 2 nitrogen and oxygen atoms in total. The molecule has 0 bridgehead atoms. The van der Waals surface area contributed by atoms with Crippen LogP contribution in [-0.4, -0.2) is 29.5 Å². The van der Waals surface area contributed by atoms with Crippen LogP contribution in [0, 0.1) is 5.92 Å². The Hall–Kier alpha value is -1.28. The molecule has 1 N–H and O–H groups in total. The van der Waals surface area contributed by atoms with E-state index in [0.29, 0.717) is 6.04 Å². The van der Waals surface area contributed by atoms with Gasteiger partial charge in [0, 0.05) is 35.6 Å². The van der Waals surface area contributed by atoms with Gasteiger partial charge in [0.15, 0.2) is 0 Å². The van der Waals surface area contributed by atoms with Crippen molar-refractivity contribution in [1.82, 2.24) is 9.88 Å². The number of likely N-dealkylation sites (N-methyl/N-ethyl adjacent to an activating group) is 1. The highest BCUT2D eigenvalue weighted by Crippen LogP contribution is 2.43. The van der Waals surface area contributed by atoms with Crippen LogP contribution in [0.5, 0.6) is 0 Å². The molecule has 0 amide bonds. The van der Waals surface area contributed by atoms with Gasteiger partial charge in [0.2, 0.25) is 0 Å². The quantitative estimate of drug-likeness (QED) is 0.760. The normalized spacial score (nSPS) is 29.9. The van der Waals surface area contributed by atoms with Crippen LogP contribution in [-0.2, 0) is 6.42 Å². The van der Waals surface area contributed by atoms with Crippen LogP contribution in [0.4, 0.5) is 0 Å². The van der Waals surface area contributed by atoms with E-state index in [2.05, 4.69) is 48.3 Å². The van der Waals surface area contributed by atoms with Crippen LogP contribution >= 0.6 is 0 Å². The van der Waals surface area contributed by atoms with E-state index in [-0.39, 0.29) is 7.43 Å². The van der Waals surface area contributed by atoms with Crippen LogP contribution < -0.4 is 0 Å². The minimum Gasteiger partial charge on any atom is -0.361 e. The molecule has 1 unspecified atom stereocenters. The molecular weight excluding hydrogens is 232 g/mol. The van der Waals surface area contributed by atoms with Gasteiger partial charge in [-0.15, -0.1) is 0 Å². The van der Waals surface area contributed by atoms with Crippen LogP contribution in [0.25, 0.3) is 10.9 Å². The number of aromatic nitrogens is 1. The van der Waals surface area contributed by atoms with E-state index < -0.39 is 0 Å². The lowest BCUT2D eigenvalue weighted by Crippen LogP contribution is -2.47. The summed E-state index contributed by atoms with van der Waals surface area (Å²) in [7, 11) is 2.30. The second kappa shape index (κ2) is 4.38. The summed E-state index contributed by atoms with van der Waals surface area (Å²) in [5, 5.41) is 1.52. The predicted octanol–water partition coefficient (Wildman–Crippen LogP) is 3.78. The van der Waals surface area contributed by atoms with Gasteiger partial charge >= 0.3 is 0 Å². The maximum Gasteiger partial charge on any atom is 0.0459 e. The fourth-order valence-electron chi connectivity index (χ4n) is 4.21. The first-order valence-corrected chi connectivity index (χ1v) is 7.03. The zero-order chi connectivity index (χ0) is 12.3. The van der Waals surface area contributed by atoms with Crippen molar-refractivity contribution >= 4 is 10.9 Å². The van der Waals surface area contributed by atoms with E-state index in [1.165, 1.54) is 35.9 Å². The lowest BCUT2D eigenvalue weighted by atomic mass is 9.73. The topological polar surface area (TPSA) is 19.0 Å². The van der Waals surface area contributed by atoms with Crippen molar-refractivity contribution in [2.24, 2.45) is 5.92 Å². The molecule has 0 spiro atoms. The van der Waals surface area contributed by atoms with E-state index in [4.69, 9.17) is 0 Å². The monoisotopic (exact) mass is 256 g/mol. The molecule has 0 saturated carbocycles. The molecule has 2 heteroatoms. The van der Waals surface area contributed by atoms with Crippen molar-refractivity contribution in [3.05, 3.63) is 35.5 Å². The van der Waals surface area contributed by atoms with Crippen LogP contribution in [0.1, 0.15) is 37.8 Å². The minimum absolute atomic E-state index is 0. The van der Waals surface area contributed by atoms with Gasteiger partial charge in [-0.3, -0.25) is 0 Å². The first kappa shape index (κ1) is 12.7.